The number of piperidine rings is 1. The van der Waals surface area contributed by atoms with Gasteiger partial charge in [0.1, 0.15) is 0 Å². The van der Waals surface area contributed by atoms with Crippen molar-refractivity contribution in [2.24, 2.45) is 17.6 Å². The Balaban J connectivity index is 0.00000220. The molecule has 2 fully saturated rings. The van der Waals surface area contributed by atoms with Gasteiger partial charge in [0, 0.05) is 25.0 Å². The molecule has 0 spiro atoms. The summed E-state index contributed by atoms with van der Waals surface area (Å²) >= 11 is 0. The van der Waals surface area contributed by atoms with E-state index >= 15 is 0 Å². The minimum absolute atomic E-state index is 0. The second-order valence-corrected chi connectivity index (χ2v) is 5.98. The van der Waals surface area contributed by atoms with Gasteiger partial charge in [0.2, 0.25) is 5.91 Å². The molecule has 122 valence electrons. The fourth-order valence-corrected chi connectivity index (χ4v) is 3.31. The largest absolute Gasteiger partial charge is 0.466 e. The van der Waals surface area contributed by atoms with Gasteiger partial charge in [-0.05, 0) is 39.0 Å². The average molecular weight is 319 g/mol. The van der Waals surface area contributed by atoms with Crippen molar-refractivity contribution in [2.75, 3.05) is 19.7 Å². The van der Waals surface area contributed by atoms with Gasteiger partial charge in [-0.3, -0.25) is 9.59 Å². The molecule has 0 radical (unpaired) electrons. The van der Waals surface area contributed by atoms with E-state index in [9.17, 15) is 9.59 Å². The number of esters is 1. The number of hydrogen-bond acceptors (Lipinski definition) is 4. The molecular weight excluding hydrogens is 292 g/mol. The van der Waals surface area contributed by atoms with E-state index in [4.69, 9.17) is 10.5 Å². The summed E-state index contributed by atoms with van der Waals surface area (Å²) < 4.78 is 5.05. The van der Waals surface area contributed by atoms with E-state index in [0.29, 0.717) is 19.7 Å². The Kier molecular flexibility index (Phi) is 7.46. The highest BCUT2D eigenvalue weighted by molar-refractivity contribution is 5.85. The van der Waals surface area contributed by atoms with Gasteiger partial charge in [0.15, 0.2) is 0 Å². The van der Waals surface area contributed by atoms with Crippen LogP contribution in [-0.2, 0) is 14.3 Å². The van der Waals surface area contributed by atoms with E-state index in [0.717, 1.165) is 38.5 Å². The summed E-state index contributed by atoms with van der Waals surface area (Å²) in [4.78, 5) is 26.0. The molecule has 2 aliphatic rings. The Morgan fingerprint density at radius 3 is 2.38 bits per heavy atom. The summed E-state index contributed by atoms with van der Waals surface area (Å²) in [6.07, 6.45) is 5.32. The smallest absolute Gasteiger partial charge is 0.309 e. The number of amides is 1. The Labute approximate surface area is 133 Å². The normalized spacial score (nSPS) is 26.9. The minimum Gasteiger partial charge on any atom is -0.466 e. The second kappa shape index (κ2) is 8.59. The number of ether oxygens (including phenoxy) is 1. The summed E-state index contributed by atoms with van der Waals surface area (Å²) in [7, 11) is 0. The third-order valence-electron chi connectivity index (χ3n) is 4.49. The first-order chi connectivity index (χ1) is 9.61. The van der Waals surface area contributed by atoms with Crippen LogP contribution in [-0.4, -0.2) is 42.5 Å². The molecule has 21 heavy (non-hydrogen) atoms. The molecule has 2 rings (SSSR count). The van der Waals surface area contributed by atoms with Gasteiger partial charge < -0.3 is 15.4 Å². The maximum atomic E-state index is 12.5. The maximum absolute atomic E-state index is 12.5. The molecule has 0 aromatic carbocycles. The lowest BCUT2D eigenvalue weighted by molar-refractivity contribution is -0.152. The average Bonchev–Trinajstić information content (AvgIpc) is 2.47. The number of rotatable bonds is 3. The first-order valence-electron chi connectivity index (χ1n) is 7.82. The highest BCUT2D eigenvalue weighted by atomic mass is 35.5. The zero-order valence-corrected chi connectivity index (χ0v) is 13.6. The predicted molar refractivity (Wildman–Crippen MR) is 83.1 cm³/mol. The van der Waals surface area contributed by atoms with Crippen molar-refractivity contribution >= 4 is 24.3 Å². The number of carbonyl (C=O) groups excluding carboxylic acids is 2. The minimum atomic E-state index is -0.112. The number of halogens is 1. The number of hydrogen-bond donors (Lipinski definition) is 1. The molecule has 1 aliphatic carbocycles. The lowest BCUT2D eigenvalue weighted by Crippen LogP contribution is -2.45. The van der Waals surface area contributed by atoms with Gasteiger partial charge in [-0.15, -0.1) is 12.4 Å². The molecule has 0 aromatic heterocycles. The van der Waals surface area contributed by atoms with Crippen molar-refractivity contribution in [2.45, 2.75) is 51.5 Å². The van der Waals surface area contributed by atoms with Crippen molar-refractivity contribution in [3.8, 4) is 0 Å². The number of nitrogens with zero attached hydrogens (tertiary/aromatic N) is 1. The van der Waals surface area contributed by atoms with E-state index in [1.165, 1.54) is 0 Å². The van der Waals surface area contributed by atoms with Gasteiger partial charge in [0.25, 0.3) is 0 Å². The SMILES string of the molecule is CCOC(=O)C1CCN(C(=O)C2CCCC(N)C2)CC1.Cl. The van der Waals surface area contributed by atoms with Crippen LogP contribution in [0, 0.1) is 11.8 Å². The number of likely N-dealkylation sites (tertiary alicyclic amines) is 1. The quantitative estimate of drug-likeness (QED) is 0.804. The molecule has 1 amide bonds. The van der Waals surface area contributed by atoms with Gasteiger partial charge in [-0.25, -0.2) is 0 Å². The van der Waals surface area contributed by atoms with Crippen LogP contribution in [0.5, 0.6) is 0 Å². The molecule has 2 atom stereocenters. The molecule has 2 unspecified atom stereocenters. The van der Waals surface area contributed by atoms with Gasteiger partial charge in [-0.2, -0.15) is 0 Å². The lowest BCUT2D eigenvalue weighted by Gasteiger charge is -2.35. The summed E-state index contributed by atoms with van der Waals surface area (Å²) in [6.45, 7) is 3.60. The Morgan fingerprint density at radius 1 is 1.14 bits per heavy atom. The number of carbonyl (C=O) groups is 2. The maximum Gasteiger partial charge on any atom is 0.309 e. The van der Waals surface area contributed by atoms with Gasteiger partial charge >= 0.3 is 5.97 Å². The molecule has 2 N–H and O–H groups in total. The molecule has 1 aliphatic heterocycles. The Morgan fingerprint density at radius 2 is 1.81 bits per heavy atom. The lowest BCUT2D eigenvalue weighted by atomic mass is 9.84. The topological polar surface area (TPSA) is 72.6 Å². The monoisotopic (exact) mass is 318 g/mol. The summed E-state index contributed by atoms with van der Waals surface area (Å²) in [5.74, 6) is 0.187. The van der Waals surface area contributed by atoms with E-state index in [-0.39, 0.29) is 42.2 Å². The zero-order chi connectivity index (χ0) is 14.5. The van der Waals surface area contributed by atoms with Crippen molar-refractivity contribution < 1.29 is 14.3 Å². The van der Waals surface area contributed by atoms with Crippen LogP contribution in [0.25, 0.3) is 0 Å². The summed E-state index contributed by atoms with van der Waals surface area (Å²) in [5.41, 5.74) is 5.96. The van der Waals surface area contributed by atoms with Crippen molar-refractivity contribution in [1.29, 1.82) is 0 Å². The fraction of sp³-hybridized carbons (Fsp3) is 0.867. The van der Waals surface area contributed by atoms with Crippen molar-refractivity contribution in [3.05, 3.63) is 0 Å². The molecule has 1 heterocycles. The van der Waals surface area contributed by atoms with E-state index in [1.54, 1.807) is 0 Å². The fourth-order valence-electron chi connectivity index (χ4n) is 3.31. The molecule has 6 heteroatoms. The van der Waals surface area contributed by atoms with Crippen LogP contribution < -0.4 is 5.73 Å². The second-order valence-electron chi connectivity index (χ2n) is 5.98. The first kappa shape index (κ1) is 18.2. The molecule has 0 aromatic rings. The molecular formula is C15H27ClN2O3. The Bertz CT molecular complexity index is 357. The van der Waals surface area contributed by atoms with Gasteiger partial charge in [0.05, 0.1) is 12.5 Å². The van der Waals surface area contributed by atoms with Crippen LogP contribution in [0.3, 0.4) is 0 Å². The highest BCUT2D eigenvalue weighted by Gasteiger charge is 2.33. The van der Waals surface area contributed by atoms with Crippen LogP contribution in [0.1, 0.15) is 45.4 Å². The molecule has 5 nitrogen and oxygen atoms in total. The molecule has 0 bridgehead atoms. The first-order valence-corrected chi connectivity index (χ1v) is 7.82. The van der Waals surface area contributed by atoms with Crippen molar-refractivity contribution in [3.63, 3.8) is 0 Å². The van der Waals surface area contributed by atoms with Crippen LogP contribution >= 0.6 is 12.4 Å². The molecule has 1 saturated heterocycles. The van der Waals surface area contributed by atoms with Crippen LogP contribution in [0.4, 0.5) is 0 Å². The highest BCUT2D eigenvalue weighted by Crippen LogP contribution is 2.27. The standard InChI is InChI=1S/C15H26N2O3.ClH/c1-2-20-15(19)11-6-8-17(9-7-11)14(18)12-4-3-5-13(16)10-12;/h11-13H,2-10,16H2,1H3;1H. The van der Waals surface area contributed by atoms with E-state index < -0.39 is 0 Å². The van der Waals surface area contributed by atoms with Crippen molar-refractivity contribution in [1.82, 2.24) is 4.90 Å². The zero-order valence-electron chi connectivity index (χ0n) is 12.8. The molecule has 1 saturated carbocycles. The summed E-state index contributed by atoms with van der Waals surface area (Å²) in [5, 5.41) is 0. The van der Waals surface area contributed by atoms with E-state index in [2.05, 4.69) is 0 Å². The van der Waals surface area contributed by atoms with Crippen LogP contribution in [0.15, 0.2) is 0 Å². The van der Waals surface area contributed by atoms with Crippen LogP contribution in [0.2, 0.25) is 0 Å². The summed E-state index contributed by atoms with van der Waals surface area (Å²) in [6, 6.07) is 0.176. The van der Waals surface area contributed by atoms with E-state index in [1.807, 2.05) is 11.8 Å². The Hall–Kier alpha value is -0.810. The van der Waals surface area contributed by atoms with Gasteiger partial charge in [-0.1, -0.05) is 6.42 Å². The third kappa shape index (κ3) is 4.85. The predicted octanol–water partition coefficient (Wildman–Crippen LogP) is 1.73. The number of nitrogens with two attached hydrogens (primary N) is 1. The third-order valence-corrected chi connectivity index (χ3v) is 4.49.